The smallest absolute Gasteiger partial charge is 0.153 e. The minimum atomic E-state index is -0.0361. The molecule has 1 aromatic carbocycles. The highest BCUT2D eigenvalue weighted by atomic mass is 35.5. The van der Waals surface area contributed by atoms with Crippen LogP contribution in [0.2, 0.25) is 4.34 Å². The van der Waals surface area contributed by atoms with Crippen LogP contribution < -0.4 is 5.73 Å². The first-order chi connectivity index (χ1) is 9.72. The van der Waals surface area contributed by atoms with Gasteiger partial charge in [0.25, 0.3) is 0 Å². The van der Waals surface area contributed by atoms with Gasteiger partial charge in [-0.25, -0.2) is 9.97 Å². The number of aromatic nitrogens is 2. The highest BCUT2D eigenvalue weighted by molar-refractivity contribution is 7.22. The number of nitrogens with zero attached hydrogens (tertiary/aromatic N) is 2. The van der Waals surface area contributed by atoms with Crippen molar-refractivity contribution in [2.24, 2.45) is 5.73 Å². The van der Waals surface area contributed by atoms with Crippen molar-refractivity contribution in [3.63, 3.8) is 0 Å². The number of benzene rings is 1. The zero-order valence-electron chi connectivity index (χ0n) is 10.5. The van der Waals surface area contributed by atoms with Gasteiger partial charge >= 0.3 is 0 Å². The second kappa shape index (κ2) is 6.01. The molecule has 1 unspecified atom stereocenters. The molecule has 0 aliphatic heterocycles. The first-order valence-corrected chi connectivity index (χ1v) is 8.16. The largest absolute Gasteiger partial charge is 0.324 e. The van der Waals surface area contributed by atoms with Gasteiger partial charge in [-0.1, -0.05) is 53.3 Å². The molecule has 0 amide bonds. The van der Waals surface area contributed by atoms with Crippen molar-refractivity contribution in [3.8, 4) is 10.0 Å². The molecule has 3 aromatic rings. The van der Waals surface area contributed by atoms with Crippen LogP contribution >= 0.6 is 34.3 Å². The van der Waals surface area contributed by atoms with Crippen LogP contribution in [0.3, 0.4) is 0 Å². The molecule has 102 valence electrons. The van der Waals surface area contributed by atoms with Crippen molar-refractivity contribution in [2.45, 2.75) is 12.5 Å². The van der Waals surface area contributed by atoms with Gasteiger partial charge in [0.1, 0.15) is 4.34 Å². The normalized spacial score (nSPS) is 12.5. The quantitative estimate of drug-likeness (QED) is 0.785. The Labute approximate surface area is 130 Å². The van der Waals surface area contributed by atoms with Gasteiger partial charge in [0, 0.05) is 17.8 Å². The summed E-state index contributed by atoms with van der Waals surface area (Å²) in [6.45, 7) is 0. The summed E-state index contributed by atoms with van der Waals surface area (Å²) in [5.74, 6) is 0. The molecular formula is C14H12ClN3S2. The lowest BCUT2D eigenvalue weighted by atomic mass is 10.0. The van der Waals surface area contributed by atoms with Crippen molar-refractivity contribution in [2.75, 3.05) is 0 Å². The zero-order valence-corrected chi connectivity index (χ0v) is 12.9. The van der Waals surface area contributed by atoms with E-state index < -0.39 is 0 Å². The van der Waals surface area contributed by atoms with Gasteiger partial charge in [-0.15, -0.1) is 11.3 Å². The summed E-state index contributed by atoms with van der Waals surface area (Å²) in [7, 11) is 0. The number of rotatable bonds is 4. The van der Waals surface area contributed by atoms with E-state index in [4.69, 9.17) is 17.3 Å². The molecule has 3 nitrogen and oxygen atoms in total. The highest BCUT2D eigenvalue weighted by Crippen LogP contribution is 2.31. The second-order valence-corrected chi connectivity index (χ2v) is 6.85. The molecular weight excluding hydrogens is 310 g/mol. The Bertz CT molecular complexity index is 693. The fraction of sp³-hybridized carbons (Fsp3) is 0.143. The molecule has 0 spiro atoms. The summed E-state index contributed by atoms with van der Waals surface area (Å²) >= 11 is 8.91. The van der Waals surface area contributed by atoms with Crippen LogP contribution in [0.4, 0.5) is 0 Å². The highest BCUT2D eigenvalue weighted by Gasteiger charge is 2.12. The molecule has 0 fully saturated rings. The number of halogens is 1. The van der Waals surface area contributed by atoms with E-state index in [1.807, 2.05) is 35.7 Å². The lowest BCUT2D eigenvalue weighted by molar-refractivity contribution is 0.710. The Morgan fingerprint density at radius 1 is 1.20 bits per heavy atom. The molecule has 0 saturated carbocycles. The van der Waals surface area contributed by atoms with Crippen molar-refractivity contribution in [1.82, 2.24) is 9.97 Å². The molecule has 3 rings (SSSR count). The lowest BCUT2D eigenvalue weighted by Crippen LogP contribution is -2.13. The molecule has 0 saturated heterocycles. The Balaban J connectivity index is 1.74. The number of nitrogens with two attached hydrogens (primary N) is 1. The summed E-state index contributed by atoms with van der Waals surface area (Å²) in [6.07, 6.45) is 2.37. The van der Waals surface area contributed by atoms with Crippen LogP contribution in [0.25, 0.3) is 10.0 Å². The van der Waals surface area contributed by atoms with E-state index in [0.717, 1.165) is 27.7 Å². The average molecular weight is 322 g/mol. The third kappa shape index (κ3) is 3.07. The number of thiazole rings is 2. The van der Waals surface area contributed by atoms with E-state index in [-0.39, 0.29) is 6.04 Å². The summed E-state index contributed by atoms with van der Waals surface area (Å²) in [4.78, 5) is 8.83. The van der Waals surface area contributed by atoms with Gasteiger partial charge in [0.15, 0.2) is 10.0 Å². The van der Waals surface area contributed by atoms with E-state index in [9.17, 15) is 0 Å². The van der Waals surface area contributed by atoms with Crippen LogP contribution in [-0.2, 0) is 6.42 Å². The SMILES string of the molecule is NC(Cc1csc(-c2ncc(Cl)s2)n1)c1ccccc1. The second-order valence-electron chi connectivity index (χ2n) is 4.33. The third-order valence-electron chi connectivity index (χ3n) is 2.87. The van der Waals surface area contributed by atoms with E-state index in [1.54, 1.807) is 17.5 Å². The average Bonchev–Trinajstić information content (AvgIpc) is 3.09. The topological polar surface area (TPSA) is 51.8 Å². The summed E-state index contributed by atoms with van der Waals surface area (Å²) in [5, 5.41) is 3.80. The molecule has 2 heterocycles. The standard InChI is InChI=1S/C14H12ClN3S2/c15-12-7-17-13(20-12)14-18-10(8-19-14)6-11(16)9-4-2-1-3-5-9/h1-5,7-8,11H,6,16H2. The minimum Gasteiger partial charge on any atom is -0.324 e. The summed E-state index contributed by atoms with van der Waals surface area (Å²) < 4.78 is 0.678. The predicted octanol–water partition coefficient (Wildman–Crippen LogP) is 4.16. The van der Waals surface area contributed by atoms with Gasteiger partial charge in [-0.2, -0.15) is 0 Å². The number of hydrogen-bond acceptors (Lipinski definition) is 5. The molecule has 2 aromatic heterocycles. The van der Waals surface area contributed by atoms with E-state index in [1.165, 1.54) is 11.3 Å². The van der Waals surface area contributed by atoms with Crippen LogP contribution in [0.5, 0.6) is 0 Å². The maximum absolute atomic E-state index is 6.21. The van der Waals surface area contributed by atoms with Crippen molar-refractivity contribution in [3.05, 3.63) is 57.5 Å². The van der Waals surface area contributed by atoms with Crippen molar-refractivity contribution >= 4 is 34.3 Å². The Hall–Kier alpha value is -1.27. The third-order valence-corrected chi connectivity index (χ3v) is 5.02. The van der Waals surface area contributed by atoms with Crippen LogP contribution in [0.1, 0.15) is 17.3 Å². The van der Waals surface area contributed by atoms with Crippen LogP contribution in [0, 0.1) is 0 Å². The summed E-state index contributed by atoms with van der Waals surface area (Å²) in [6, 6.07) is 10.0. The molecule has 0 radical (unpaired) electrons. The van der Waals surface area contributed by atoms with Gasteiger partial charge in [-0.3, -0.25) is 0 Å². The fourth-order valence-corrected chi connectivity index (χ4v) is 3.68. The minimum absolute atomic E-state index is 0.0361. The van der Waals surface area contributed by atoms with E-state index >= 15 is 0 Å². The van der Waals surface area contributed by atoms with Crippen LogP contribution in [-0.4, -0.2) is 9.97 Å². The molecule has 0 aliphatic carbocycles. The monoisotopic (exact) mass is 321 g/mol. The molecule has 0 aliphatic rings. The fourth-order valence-electron chi connectivity index (χ4n) is 1.90. The van der Waals surface area contributed by atoms with E-state index in [0.29, 0.717) is 4.34 Å². The first-order valence-electron chi connectivity index (χ1n) is 6.09. The van der Waals surface area contributed by atoms with Crippen molar-refractivity contribution < 1.29 is 0 Å². The van der Waals surface area contributed by atoms with Gasteiger partial charge in [0.05, 0.1) is 11.9 Å². The zero-order chi connectivity index (χ0) is 13.9. The molecule has 0 bridgehead atoms. The Morgan fingerprint density at radius 3 is 2.70 bits per heavy atom. The molecule has 20 heavy (non-hydrogen) atoms. The molecule has 6 heteroatoms. The molecule has 1 atom stereocenters. The van der Waals surface area contributed by atoms with Crippen molar-refractivity contribution in [1.29, 1.82) is 0 Å². The Morgan fingerprint density at radius 2 is 2.00 bits per heavy atom. The van der Waals surface area contributed by atoms with Gasteiger partial charge in [0.2, 0.25) is 0 Å². The lowest BCUT2D eigenvalue weighted by Gasteiger charge is -2.09. The van der Waals surface area contributed by atoms with Crippen LogP contribution in [0.15, 0.2) is 41.9 Å². The molecule has 2 N–H and O–H groups in total. The van der Waals surface area contributed by atoms with Gasteiger partial charge in [-0.05, 0) is 5.56 Å². The summed E-state index contributed by atoms with van der Waals surface area (Å²) in [5.41, 5.74) is 8.33. The van der Waals surface area contributed by atoms with E-state index in [2.05, 4.69) is 9.97 Å². The number of hydrogen-bond donors (Lipinski definition) is 1. The Kier molecular flexibility index (Phi) is 4.12. The maximum Gasteiger partial charge on any atom is 0.153 e. The van der Waals surface area contributed by atoms with Gasteiger partial charge < -0.3 is 5.73 Å². The first kappa shape index (κ1) is 13.7. The predicted molar refractivity (Wildman–Crippen MR) is 85.3 cm³/mol. The maximum atomic E-state index is 6.21.